The maximum absolute atomic E-state index is 12.3. The van der Waals surface area contributed by atoms with Crippen LogP contribution in [0.15, 0.2) is 24.5 Å². The number of amides is 1. The molecule has 1 aliphatic carbocycles. The SMILES string of the molecule is O=C(COC1CCCC1)N1CC2(CC(OCc3cccnc3)CS2)C1.O=C(O)C(F)(F)F. The minimum absolute atomic E-state index is 0.151. The van der Waals surface area contributed by atoms with Crippen molar-refractivity contribution in [3.05, 3.63) is 30.1 Å². The molecule has 0 aromatic carbocycles. The molecule has 2 aliphatic heterocycles. The highest BCUT2D eigenvalue weighted by atomic mass is 32.2. The Kier molecular flexibility index (Phi) is 8.40. The summed E-state index contributed by atoms with van der Waals surface area (Å²) in [6, 6.07) is 3.98. The zero-order valence-corrected chi connectivity index (χ0v) is 18.4. The summed E-state index contributed by atoms with van der Waals surface area (Å²) in [6.07, 6.45) is 4.87. The molecule has 1 saturated carbocycles. The summed E-state index contributed by atoms with van der Waals surface area (Å²) in [4.78, 5) is 27.2. The Bertz CT molecular complexity index is 768. The zero-order chi connectivity index (χ0) is 23.2. The summed E-state index contributed by atoms with van der Waals surface area (Å²) in [5, 5.41) is 7.12. The van der Waals surface area contributed by atoms with Crippen LogP contribution in [-0.4, -0.2) is 75.4 Å². The van der Waals surface area contributed by atoms with Crippen LogP contribution in [0.1, 0.15) is 37.7 Å². The van der Waals surface area contributed by atoms with Gasteiger partial charge in [-0.05, 0) is 30.9 Å². The monoisotopic (exact) mass is 476 g/mol. The van der Waals surface area contributed by atoms with Gasteiger partial charge in [0.1, 0.15) is 6.61 Å². The van der Waals surface area contributed by atoms with Gasteiger partial charge in [-0.1, -0.05) is 18.9 Å². The van der Waals surface area contributed by atoms with Crippen molar-refractivity contribution in [1.82, 2.24) is 9.88 Å². The number of alkyl halides is 3. The van der Waals surface area contributed by atoms with E-state index in [1.54, 1.807) is 6.20 Å². The zero-order valence-electron chi connectivity index (χ0n) is 17.6. The molecule has 1 N–H and O–H groups in total. The van der Waals surface area contributed by atoms with Gasteiger partial charge < -0.3 is 19.5 Å². The number of nitrogens with zero attached hydrogens (tertiary/aromatic N) is 2. The lowest BCUT2D eigenvalue weighted by atomic mass is 9.93. The lowest BCUT2D eigenvalue weighted by Gasteiger charge is -2.47. The van der Waals surface area contributed by atoms with E-state index < -0.39 is 12.1 Å². The molecule has 2 saturated heterocycles. The highest BCUT2D eigenvalue weighted by Gasteiger charge is 2.50. The predicted octanol–water partition coefficient (Wildman–Crippen LogP) is 3.28. The van der Waals surface area contributed by atoms with Crippen molar-refractivity contribution in [2.45, 2.75) is 61.8 Å². The van der Waals surface area contributed by atoms with E-state index in [-0.39, 0.29) is 23.4 Å². The summed E-state index contributed by atoms with van der Waals surface area (Å²) < 4.78 is 43.7. The first-order valence-corrected chi connectivity index (χ1v) is 11.5. The molecule has 11 heteroatoms. The first kappa shape index (κ1) is 24.8. The van der Waals surface area contributed by atoms with E-state index in [1.807, 2.05) is 35.0 Å². The van der Waals surface area contributed by atoms with Crippen molar-refractivity contribution in [2.75, 3.05) is 25.4 Å². The Labute approximate surface area is 188 Å². The van der Waals surface area contributed by atoms with E-state index in [9.17, 15) is 18.0 Å². The van der Waals surface area contributed by atoms with Crippen LogP contribution in [0.3, 0.4) is 0 Å². The van der Waals surface area contributed by atoms with Gasteiger partial charge in [0.15, 0.2) is 0 Å². The van der Waals surface area contributed by atoms with Gasteiger partial charge in [0.25, 0.3) is 0 Å². The molecule has 4 rings (SSSR count). The second-order valence-electron chi connectivity index (χ2n) is 8.26. The number of aliphatic carboxylic acids is 1. The molecule has 178 valence electrons. The minimum atomic E-state index is -5.08. The summed E-state index contributed by atoms with van der Waals surface area (Å²) >= 11 is 1.96. The molecule has 3 aliphatic rings. The number of likely N-dealkylation sites (tertiary alicyclic amines) is 1. The van der Waals surface area contributed by atoms with Crippen molar-refractivity contribution in [3.8, 4) is 0 Å². The number of thioether (sulfide) groups is 1. The third kappa shape index (κ3) is 7.08. The largest absolute Gasteiger partial charge is 0.490 e. The summed E-state index contributed by atoms with van der Waals surface area (Å²) in [5.74, 6) is -1.59. The number of hydrogen-bond acceptors (Lipinski definition) is 6. The Morgan fingerprint density at radius 1 is 1.22 bits per heavy atom. The highest BCUT2D eigenvalue weighted by Crippen LogP contribution is 2.46. The Hall–Kier alpha value is -1.85. The molecule has 1 aromatic rings. The number of hydrogen-bond donors (Lipinski definition) is 1. The quantitative estimate of drug-likeness (QED) is 0.674. The number of ether oxygens (including phenoxy) is 2. The standard InChI is InChI=1S/C19H26N2O3S.C2HF3O2/c22-18(11-24-16-5-1-2-6-16)21-13-19(14-21)8-17(12-25-19)23-10-15-4-3-7-20-9-15;3-2(4,5)1(6)7/h3-4,7,9,16-17H,1-2,5-6,8,10-14H2;(H,6,7). The van der Waals surface area contributed by atoms with Crippen molar-refractivity contribution < 1.29 is 37.3 Å². The third-order valence-electron chi connectivity index (χ3n) is 5.68. The van der Waals surface area contributed by atoms with Crippen molar-refractivity contribution in [3.63, 3.8) is 0 Å². The van der Waals surface area contributed by atoms with E-state index in [0.29, 0.717) is 12.7 Å². The molecule has 32 heavy (non-hydrogen) atoms. The van der Waals surface area contributed by atoms with Crippen molar-refractivity contribution >= 4 is 23.6 Å². The van der Waals surface area contributed by atoms with Crippen molar-refractivity contribution in [1.29, 1.82) is 0 Å². The third-order valence-corrected chi connectivity index (χ3v) is 7.26. The molecule has 1 unspecified atom stereocenters. The van der Waals surface area contributed by atoms with Crippen LogP contribution in [-0.2, 0) is 25.7 Å². The first-order valence-electron chi connectivity index (χ1n) is 10.5. The molecule has 3 heterocycles. The lowest BCUT2D eigenvalue weighted by molar-refractivity contribution is -0.192. The van der Waals surface area contributed by atoms with E-state index >= 15 is 0 Å². The second-order valence-corrected chi connectivity index (χ2v) is 9.75. The summed E-state index contributed by atoms with van der Waals surface area (Å²) in [6.45, 7) is 2.56. The molecular weight excluding hydrogens is 449 g/mol. The number of carboxylic acids is 1. The maximum atomic E-state index is 12.3. The Morgan fingerprint density at radius 3 is 2.50 bits per heavy atom. The molecule has 0 radical (unpaired) electrons. The molecule has 0 bridgehead atoms. The fraction of sp³-hybridized carbons (Fsp3) is 0.667. The lowest BCUT2D eigenvalue weighted by Crippen LogP contribution is -2.61. The normalized spacial score (nSPS) is 22.3. The molecule has 1 aromatic heterocycles. The average Bonchev–Trinajstić information content (AvgIpc) is 3.40. The highest BCUT2D eigenvalue weighted by molar-refractivity contribution is 8.01. The number of pyridine rings is 1. The predicted molar refractivity (Wildman–Crippen MR) is 111 cm³/mol. The van der Waals surface area contributed by atoms with E-state index in [0.717, 1.165) is 43.7 Å². The van der Waals surface area contributed by atoms with Crippen LogP contribution < -0.4 is 0 Å². The molecule has 1 amide bonds. The maximum Gasteiger partial charge on any atom is 0.490 e. The van der Waals surface area contributed by atoms with Crippen LogP contribution in [0, 0.1) is 0 Å². The Balaban J connectivity index is 0.000000360. The number of rotatable bonds is 6. The van der Waals surface area contributed by atoms with Gasteiger partial charge in [-0.25, -0.2) is 4.79 Å². The number of halogens is 3. The molecule has 1 atom stereocenters. The van der Waals surface area contributed by atoms with Crippen LogP contribution in [0.4, 0.5) is 13.2 Å². The summed E-state index contributed by atoms with van der Waals surface area (Å²) in [5.41, 5.74) is 1.11. The number of carboxylic acid groups (broad SMARTS) is 1. The van der Waals surface area contributed by atoms with Gasteiger partial charge in [-0.15, -0.1) is 11.8 Å². The number of carbonyl (C=O) groups is 2. The fourth-order valence-corrected chi connectivity index (χ4v) is 5.54. The second kappa shape index (κ2) is 10.8. The van der Waals surface area contributed by atoms with Gasteiger partial charge in [-0.3, -0.25) is 9.78 Å². The minimum Gasteiger partial charge on any atom is -0.475 e. The fourth-order valence-electron chi connectivity index (χ4n) is 3.99. The molecule has 1 spiro atoms. The van der Waals surface area contributed by atoms with Crippen LogP contribution in [0.5, 0.6) is 0 Å². The Morgan fingerprint density at radius 2 is 1.91 bits per heavy atom. The van der Waals surface area contributed by atoms with E-state index in [1.165, 1.54) is 12.8 Å². The van der Waals surface area contributed by atoms with E-state index in [2.05, 4.69) is 4.98 Å². The van der Waals surface area contributed by atoms with Crippen LogP contribution >= 0.6 is 11.8 Å². The molecule has 3 fully saturated rings. The molecular formula is C21H27F3N2O5S. The molecule has 7 nitrogen and oxygen atoms in total. The number of carbonyl (C=O) groups excluding carboxylic acids is 1. The van der Waals surface area contributed by atoms with E-state index in [4.69, 9.17) is 19.4 Å². The van der Waals surface area contributed by atoms with Crippen LogP contribution in [0.2, 0.25) is 0 Å². The van der Waals surface area contributed by atoms with Gasteiger partial charge in [-0.2, -0.15) is 13.2 Å². The van der Waals surface area contributed by atoms with Gasteiger partial charge in [0, 0.05) is 31.2 Å². The summed E-state index contributed by atoms with van der Waals surface area (Å²) in [7, 11) is 0. The van der Waals surface area contributed by atoms with Gasteiger partial charge >= 0.3 is 12.1 Å². The first-order chi connectivity index (χ1) is 15.2. The average molecular weight is 477 g/mol. The van der Waals surface area contributed by atoms with Gasteiger partial charge in [0.2, 0.25) is 5.91 Å². The van der Waals surface area contributed by atoms with Gasteiger partial charge in [0.05, 0.1) is 23.6 Å². The van der Waals surface area contributed by atoms with Crippen LogP contribution in [0.25, 0.3) is 0 Å². The topological polar surface area (TPSA) is 89.0 Å². The van der Waals surface area contributed by atoms with Crippen molar-refractivity contribution in [2.24, 2.45) is 0 Å². The number of aromatic nitrogens is 1. The smallest absolute Gasteiger partial charge is 0.475 e.